The highest BCUT2D eigenvalue weighted by Crippen LogP contribution is 2.19. The van der Waals surface area contributed by atoms with Gasteiger partial charge in [-0.2, -0.15) is 0 Å². The highest BCUT2D eigenvalue weighted by molar-refractivity contribution is 5.95. The molecule has 1 N–H and O–H groups in total. The average Bonchev–Trinajstić information content (AvgIpc) is 3.38. The predicted molar refractivity (Wildman–Crippen MR) is 125 cm³/mol. The number of hydrogen-bond donors (Lipinski definition) is 1. The van der Waals surface area contributed by atoms with E-state index in [1.54, 1.807) is 18.2 Å². The molecule has 7 heteroatoms. The summed E-state index contributed by atoms with van der Waals surface area (Å²) in [4.78, 5) is 29.4. The first-order valence-electron chi connectivity index (χ1n) is 10.9. The van der Waals surface area contributed by atoms with Gasteiger partial charge in [-0.15, -0.1) is 0 Å². The van der Waals surface area contributed by atoms with E-state index in [9.17, 15) is 9.59 Å². The number of anilines is 2. The minimum absolute atomic E-state index is 0.340. The van der Waals surface area contributed by atoms with Crippen LogP contribution in [0.3, 0.4) is 0 Å². The number of rotatable bonds is 7. The van der Waals surface area contributed by atoms with Crippen molar-refractivity contribution in [2.45, 2.75) is 6.92 Å². The maximum absolute atomic E-state index is 12.4. The van der Waals surface area contributed by atoms with E-state index in [0.29, 0.717) is 11.3 Å². The molecule has 2 aromatic carbocycles. The molecule has 0 atom stereocenters. The van der Waals surface area contributed by atoms with Crippen molar-refractivity contribution < 1.29 is 14.3 Å². The Hall–Kier alpha value is -3.58. The zero-order valence-corrected chi connectivity index (χ0v) is 18.2. The van der Waals surface area contributed by atoms with Gasteiger partial charge in [-0.25, -0.2) is 4.79 Å². The number of amides is 1. The number of hydrogen-bond acceptors (Lipinski definition) is 5. The molecule has 0 spiro atoms. The molecule has 0 aliphatic carbocycles. The van der Waals surface area contributed by atoms with Crippen molar-refractivity contribution in [1.82, 2.24) is 9.47 Å². The van der Waals surface area contributed by atoms with Gasteiger partial charge in [0.2, 0.25) is 0 Å². The maximum Gasteiger partial charge on any atom is 0.338 e. The SMILES string of the molecule is CCN1CCN(c2ccc(NC(=O)COC(=O)c3cccc(-n4cccc4)c3)cc2)CC1. The summed E-state index contributed by atoms with van der Waals surface area (Å²) in [6.45, 7) is 7.06. The fourth-order valence-electron chi connectivity index (χ4n) is 3.79. The van der Waals surface area contributed by atoms with Gasteiger partial charge in [0.1, 0.15) is 0 Å². The van der Waals surface area contributed by atoms with Crippen LogP contribution < -0.4 is 10.2 Å². The van der Waals surface area contributed by atoms with Gasteiger partial charge in [0.25, 0.3) is 5.91 Å². The summed E-state index contributed by atoms with van der Waals surface area (Å²) in [7, 11) is 0. The normalized spacial score (nSPS) is 14.2. The Morgan fingerprint density at radius 3 is 2.31 bits per heavy atom. The number of carbonyl (C=O) groups is 2. The van der Waals surface area contributed by atoms with Crippen molar-refractivity contribution in [1.29, 1.82) is 0 Å². The van der Waals surface area contributed by atoms with Crippen LogP contribution in [0.25, 0.3) is 5.69 Å². The lowest BCUT2D eigenvalue weighted by Crippen LogP contribution is -2.46. The van der Waals surface area contributed by atoms with Crippen molar-refractivity contribution in [2.24, 2.45) is 0 Å². The molecule has 3 aromatic rings. The number of benzene rings is 2. The van der Waals surface area contributed by atoms with Crippen LogP contribution in [0, 0.1) is 0 Å². The Morgan fingerprint density at radius 2 is 1.62 bits per heavy atom. The summed E-state index contributed by atoms with van der Waals surface area (Å²) in [5, 5.41) is 2.78. The first-order chi connectivity index (χ1) is 15.6. The number of nitrogens with zero attached hydrogens (tertiary/aromatic N) is 3. The molecule has 1 saturated heterocycles. The van der Waals surface area contributed by atoms with Gasteiger partial charge >= 0.3 is 5.97 Å². The van der Waals surface area contributed by atoms with Gasteiger partial charge in [-0.3, -0.25) is 4.79 Å². The number of piperazine rings is 1. The number of carbonyl (C=O) groups excluding carboxylic acids is 2. The Kier molecular flexibility index (Phi) is 6.87. The lowest BCUT2D eigenvalue weighted by atomic mass is 10.2. The second-order valence-corrected chi connectivity index (χ2v) is 7.73. The molecule has 0 saturated carbocycles. The third kappa shape index (κ3) is 5.36. The molecular formula is C25H28N4O3. The van der Waals surface area contributed by atoms with Crippen LogP contribution in [0.15, 0.2) is 73.1 Å². The fraction of sp³-hybridized carbons (Fsp3) is 0.280. The summed E-state index contributed by atoms with van der Waals surface area (Å²) < 4.78 is 7.10. The van der Waals surface area contributed by atoms with Gasteiger partial charge in [-0.05, 0) is 61.1 Å². The maximum atomic E-state index is 12.4. The third-order valence-electron chi connectivity index (χ3n) is 5.65. The standard InChI is InChI=1S/C25H28N4O3/c1-2-27-14-16-29(17-15-27)22-10-8-21(9-11-22)26-24(30)19-32-25(31)20-6-5-7-23(18-20)28-12-3-4-13-28/h3-13,18H,2,14-17,19H2,1H3,(H,26,30). The highest BCUT2D eigenvalue weighted by Gasteiger charge is 2.16. The van der Waals surface area contributed by atoms with Crippen LogP contribution in [0.5, 0.6) is 0 Å². The Balaban J connectivity index is 1.27. The van der Waals surface area contributed by atoms with E-state index in [1.807, 2.05) is 59.4 Å². The second-order valence-electron chi connectivity index (χ2n) is 7.73. The first kappa shape index (κ1) is 21.6. The molecule has 0 unspecified atom stereocenters. The van der Waals surface area contributed by atoms with E-state index in [4.69, 9.17) is 4.74 Å². The van der Waals surface area contributed by atoms with Crippen molar-refractivity contribution in [3.8, 4) is 5.69 Å². The van der Waals surface area contributed by atoms with E-state index in [1.165, 1.54) is 0 Å². The highest BCUT2D eigenvalue weighted by atomic mass is 16.5. The molecular weight excluding hydrogens is 404 g/mol. The van der Waals surface area contributed by atoms with Gasteiger partial charge in [0.05, 0.1) is 5.56 Å². The largest absolute Gasteiger partial charge is 0.452 e. The summed E-state index contributed by atoms with van der Waals surface area (Å²) in [5.41, 5.74) is 3.07. The minimum Gasteiger partial charge on any atom is -0.452 e. The van der Waals surface area contributed by atoms with Crippen molar-refractivity contribution in [3.05, 3.63) is 78.6 Å². The first-order valence-corrected chi connectivity index (χ1v) is 10.9. The van der Waals surface area contributed by atoms with Gasteiger partial charge in [0.15, 0.2) is 6.61 Å². The molecule has 0 bridgehead atoms. The molecule has 1 amide bonds. The Labute approximate surface area is 188 Å². The van der Waals surface area contributed by atoms with Gasteiger partial charge in [0, 0.05) is 55.6 Å². The summed E-state index contributed by atoms with van der Waals surface area (Å²) in [6, 6.07) is 18.7. The second kappa shape index (κ2) is 10.2. The number of ether oxygens (including phenoxy) is 1. The molecule has 0 radical (unpaired) electrons. The van der Waals surface area contributed by atoms with E-state index in [2.05, 4.69) is 22.0 Å². The molecule has 7 nitrogen and oxygen atoms in total. The number of esters is 1. The molecule has 2 heterocycles. The number of nitrogens with one attached hydrogen (secondary N) is 1. The topological polar surface area (TPSA) is 66.8 Å². The lowest BCUT2D eigenvalue weighted by Gasteiger charge is -2.35. The lowest BCUT2D eigenvalue weighted by molar-refractivity contribution is -0.119. The summed E-state index contributed by atoms with van der Waals surface area (Å²) in [5.74, 6) is -0.903. The third-order valence-corrected chi connectivity index (χ3v) is 5.65. The molecule has 1 aliphatic rings. The van der Waals surface area contributed by atoms with Crippen LogP contribution in [0.1, 0.15) is 17.3 Å². The average molecular weight is 433 g/mol. The van der Waals surface area contributed by atoms with E-state index >= 15 is 0 Å². The smallest absolute Gasteiger partial charge is 0.338 e. The van der Waals surface area contributed by atoms with Crippen LogP contribution in [0.4, 0.5) is 11.4 Å². The Bertz CT molecular complexity index is 1040. The van der Waals surface area contributed by atoms with Crippen LogP contribution >= 0.6 is 0 Å². The molecule has 1 aromatic heterocycles. The van der Waals surface area contributed by atoms with E-state index in [-0.39, 0.29) is 12.5 Å². The molecule has 32 heavy (non-hydrogen) atoms. The Morgan fingerprint density at radius 1 is 0.906 bits per heavy atom. The van der Waals surface area contributed by atoms with Gasteiger partial charge < -0.3 is 24.4 Å². The summed E-state index contributed by atoms with van der Waals surface area (Å²) in [6.07, 6.45) is 3.79. The molecule has 1 fully saturated rings. The molecule has 4 rings (SSSR count). The summed E-state index contributed by atoms with van der Waals surface area (Å²) >= 11 is 0. The monoisotopic (exact) mass is 432 g/mol. The van der Waals surface area contributed by atoms with Gasteiger partial charge in [-0.1, -0.05) is 13.0 Å². The zero-order valence-electron chi connectivity index (χ0n) is 18.2. The van der Waals surface area contributed by atoms with Crippen LogP contribution in [0.2, 0.25) is 0 Å². The molecule has 166 valence electrons. The van der Waals surface area contributed by atoms with E-state index in [0.717, 1.165) is 44.1 Å². The predicted octanol–water partition coefficient (Wildman–Crippen LogP) is 3.41. The van der Waals surface area contributed by atoms with Crippen molar-refractivity contribution in [3.63, 3.8) is 0 Å². The van der Waals surface area contributed by atoms with Crippen LogP contribution in [-0.4, -0.2) is 60.7 Å². The minimum atomic E-state index is -0.532. The van der Waals surface area contributed by atoms with Crippen molar-refractivity contribution >= 4 is 23.3 Å². The quantitative estimate of drug-likeness (QED) is 0.580. The number of likely N-dealkylation sites (N-methyl/N-ethyl adjacent to an activating group) is 1. The van der Waals surface area contributed by atoms with E-state index < -0.39 is 5.97 Å². The zero-order chi connectivity index (χ0) is 22.3. The van der Waals surface area contributed by atoms with Crippen LogP contribution in [-0.2, 0) is 9.53 Å². The fourth-order valence-corrected chi connectivity index (χ4v) is 3.79. The van der Waals surface area contributed by atoms with Crippen molar-refractivity contribution in [2.75, 3.05) is 49.5 Å². The molecule has 1 aliphatic heterocycles. The number of aromatic nitrogens is 1.